The van der Waals surface area contributed by atoms with E-state index in [1.807, 2.05) is 0 Å². The maximum Gasteiger partial charge on any atom is 0.586 e. The molecular formula is C8H5F2O2. The van der Waals surface area contributed by atoms with Crippen molar-refractivity contribution in [3.8, 4) is 11.5 Å². The molecule has 0 N–H and O–H groups in total. The first-order valence-corrected chi connectivity index (χ1v) is 3.35. The minimum absolute atomic E-state index is 0.0330. The van der Waals surface area contributed by atoms with Gasteiger partial charge in [-0.25, -0.2) is 0 Å². The summed E-state index contributed by atoms with van der Waals surface area (Å²) in [7, 11) is 0. The Morgan fingerprint density at radius 1 is 1.33 bits per heavy atom. The number of rotatable bonds is 0. The predicted molar refractivity (Wildman–Crippen MR) is 36.2 cm³/mol. The highest BCUT2D eigenvalue weighted by Crippen LogP contribution is 2.40. The van der Waals surface area contributed by atoms with E-state index in [1.54, 1.807) is 6.92 Å². The van der Waals surface area contributed by atoms with Gasteiger partial charge in [0.15, 0.2) is 11.5 Å². The van der Waals surface area contributed by atoms with Gasteiger partial charge in [-0.15, -0.1) is 8.78 Å². The molecule has 0 aliphatic carbocycles. The van der Waals surface area contributed by atoms with Gasteiger partial charge in [0, 0.05) is 0 Å². The van der Waals surface area contributed by atoms with Crippen LogP contribution in [-0.4, -0.2) is 6.29 Å². The molecule has 1 heterocycles. The van der Waals surface area contributed by atoms with Crippen LogP contribution in [-0.2, 0) is 0 Å². The molecule has 0 amide bonds. The second kappa shape index (κ2) is 2.09. The average molecular weight is 171 g/mol. The Kier molecular flexibility index (Phi) is 1.28. The number of hydrogen-bond acceptors (Lipinski definition) is 2. The van der Waals surface area contributed by atoms with Gasteiger partial charge >= 0.3 is 6.29 Å². The van der Waals surface area contributed by atoms with Crippen LogP contribution < -0.4 is 9.47 Å². The molecule has 0 bridgehead atoms. The van der Waals surface area contributed by atoms with Crippen LogP contribution in [0.25, 0.3) is 0 Å². The fraction of sp³-hybridized carbons (Fsp3) is 0.250. The second-order valence-electron chi connectivity index (χ2n) is 2.51. The normalized spacial score (nSPS) is 17.9. The van der Waals surface area contributed by atoms with E-state index < -0.39 is 6.29 Å². The van der Waals surface area contributed by atoms with Crippen molar-refractivity contribution in [1.82, 2.24) is 0 Å². The van der Waals surface area contributed by atoms with Crippen molar-refractivity contribution in [1.29, 1.82) is 0 Å². The van der Waals surface area contributed by atoms with Crippen LogP contribution in [0.4, 0.5) is 8.78 Å². The zero-order valence-corrected chi connectivity index (χ0v) is 6.23. The van der Waals surface area contributed by atoms with Gasteiger partial charge in [-0.3, -0.25) is 0 Å². The van der Waals surface area contributed by atoms with E-state index in [9.17, 15) is 8.78 Å². The fourth-order valence-corrected chi connectivity index (χ4v) is 0.996. The molecule has 63 valence electrons. The number of aryl methyl sites for hydroxylation is 1. The summed E-state index contributed by atoms with van der Waals surface area (Å²) in [6.45, 7) is 1.74. The smallest absolute Gasteiger partial charge is 0.395 e. The van der Waals surface area contributed by atoms with Crippen LogP contribution in [0.5, 0.6) is 11.5 Å². The predicted octanol–water partition coefficient (Wildman–Crippen LogP) is 2.12. The van der Waals surface area contributed by atoms with Crippen molar-refractivity contribution in [2.24, 2.45) is 0 Å². The lowest BCUT2D eigenvalue weighted by molar-refractivity contribution is -0.286. The van der Waals surface area contributed by atoms with E-state index in [-0.39, 0.29) is 11.5 Å². The van der Waals surface area contributed by atoms with Crippen LogP contribution in [0.1, 0.15) is 5.56 Å². The Hall–Kier alpha value is -1.32. The largest absolute Gasteiger partial charge is 0.586 e. The molecule has 2 rings (SSSR count). The molecule has 0 atom stereocenters. The van der Waals surface area contributed by atoms with Gasteiger partial charge in [-0.2, -0.15) is 0 Å². The van der Waals surface area contributed by atoms with Gasteiger partial charge in [0.05, 0.1) is 0 Å². The molecule has 0 saturated heterocycles. The topological polar surface area (TPSA) is 18.5 Å². The highest BCUT2D eigenvalue weighted by molar-refractivity contribution is 5.44. The van der Waals surface area contributed by atoms with Crippen LogP contribution >= 0.6 is 0 Å². The molecule has 1 aliphatic rings. The van der Waals surface area contributed by atoms with E-state index in [1.165, 1.54) is 12.1 Å². The lowest BCUT2D eigenvalue weighted by Crippen LogP contribution is -2.25. The van der Waals surface area contributed by atoms with Crippen LogP contribution in [0.2, 0.25) is 0 Å². The summed E-state index contributed by atoms with van der Waals surface area (Å²) >= 11 is 0. The van der Waals surface area contributed by atoms with Gasteiger partial charge in [-0.1, -0.05) is 0 Å². The van der Waals surface area contributed by atoms with Gasteiger partial charge in [0.1, 0.15) is 0 Å². The Morgan fingerprint density at radius 3 is 2.75 bits per heavy atom. The highest BCUT2D eigenvalue weighted by Gasteiger charge is 2.43. The number of benzene rings is 1. The van der Waals surface area contributed by atoms with Crippen molar-refractivity contribution >= 4 is 0 Å². The first kappa shape index (κ1) is 7.34. The molecule has 0 fully saturated rings. The lowest BCUT2D eigenvalue weighted by Gasteiger charge is -2.04. The number of halogens is 2. The van der Waals surface area contributed by atoms with Crippen LogP contribution in [0.15, 0.2) is 12.1 Å². The van der Waals surface area contributed by atoms with Crippen LogP contribution in [0.3, 0.4) is 0 Å². The maximum absolute atomic E-state index is 12.4. The molecule has 0 unspecified atom stereocenters. The SMILES string of the molecule is Cc1[c]cc2c(c1)OC(F)(F)O2. The first-order chi connectivity index (χ1) is 5.57. The Labute approximate surface area is 67.7 Å². The Bertz CT molecular complexity index is 323. The molecule has 1 aliphatic heterocycles. The fourth-order valence-electron chi connectivity index (χ4n) is 0.996. The van der Waals surface area contributed by atoms with Gasteiger partial charge < -0.3 is 9.47 Å². The van der Waals surface area contributed by atoms with Crippen molar-refractivity contribution in [2.75, 3.05) is 0 Å². The summed E-state index contributed by atoms with van der Waals surface area (Å²) in [5, 5.41) is 0. The van der Waals surface area contributed by atoms with E-state index >= 15 is 0 Å². The third-order valence-electron chi connectivity index (χ3n) is 1.48. The van der Waals surface area contributed by atoms with Crippen LogP contribution in [0, 0.1) is 13.0 Å². The molecule has 12 heavy (non-hydrogen) atoms. The lowest BCUT2D eigenvalue weighted by atomic mass is 10.2. The minimum atomic E-state index is -3.52. The highest BCUT2D eigenvalue weighted by atomic mass is 19.3. The summed E-state index contributed by atoms with van der Waals surface area (Å²) in [5.74, 6) is 0.0989. The molecule has 0 saturated carbocycles. The van der Waals surface area contributed by atoms with Crippen molar-refractivity contribution in [3.63, 3.8) is 0 Å². The zero-order chi connectivity index (χ0) is 8.77. The van der Waals surface area contributed by atoms with E-state index in [2.05, 4.69) is 15.5 Å². The summed E-state index contributed by atoms with van der Waals surface area (Å²) in [5.41, 5.74) is 0.732. The third-order valence-corrected chi connectivity index (χ3v) is 1.48. The number of hydrogen-bond donors (Lipinski definition) is 0. The first-order valence-electron chi connectivity index (χ1n) is 3.35. The quantitative estimate of drug-likeness (QED) is 0.595. The Balaban J connectivity index is 2.43. The molecule has 1 aromatic rings. The van der Waals surface area contributed by atoms with Gasteiger partial charge in [0.25, 0.3) is 0 Å². The summed E-state index contributed by atoms with van der Waals surface area (Å²) in [4.78, 5) is 0. The van der Waals surface area contributed by atoms with E-state index in [0.717, 1.165) is 5.56 Å². The molecule has 4 heteroatoms. The molecule has 0 aromatic heterocycles. The number of ether oxygens (including phenoxy) is 2. The molecule has 0 spiro atoms. The van der Waals surface area contributed by atoms with Crippen molar-refractivity contribution < 1.29 is 18.3 Å². The van der Waals surface area contributed by atoms with E-state index in [0.29, 0.717) is 0 Å². The second-order valence-corrected chi connectivity index (χ2v) is 2.51. The summed E-state index contributed by atoms with van der Waals surface area (Å²) in [6, 6.07) is 5.52. The van der Waals surface area contributed by atoms with Gasteiger partial charge in [-0.05, 0) is 30.7 Å². The zero-order valence-electron chi connectivity index (χ0n) is 6.23. The molecule has 1 aromatic carbocycles. The maximum atomic E-state index is 12.4. The van der Waals surface area contributed by atoms with Crippen molar-refractivity contribution in [3.05, 3.63) is 23.8 Å². The van der Waals surface area contributed by atoms with Crippen molar-refractivity contribution in [2.45, 2.75) is 13.2 Å². The van der Waals surface area contributed by atoms with Gasteiger partial charge in [0.2, 0.25) is 0 Å². The molecule has 1 radical (unpaired) electrons. The average Bonchev–Trinajstić information content (AvgIpc) is 2.21. The number of fused-ring (bicyclic) bond motifs is 1. The minimum Gasteiger partial charge on any atom is -0.395 e. The third kappa shape index (κ3) is 1.09. The molecule has 2 nitrogen and oxygen atoms in total. The number of alkyl halides is 2. The monoisotopic (exact) mass is 171 g/mol. The summed E-state index contributed by atoms with van der Waals surface area (Å²) in [6.07, 6.45) is -3.52. The Morgan fingerprint density at radius 2 is 2.00 bits per heavy atom. The molecular weight excluding hydrogens is 166 g/mol. The van der Waals surface area contributed by atoms with E-state index in [4.69, 9.17) is 0 Å². The standard InChI is InChI=1S/C8H5F2O2/c1-5-2-3-6-7(4-5)12-8(9,10)11-6/h3-4H,1H3. The summed E-state index contributed by atoms with van der Waals surface area (Å²) < 4.78 is 33.2.